The normalized spacial score (nSPS) is 11.6. The first-order valence-electron chi connectivity index (χ1n) is 3.83. The Morgan fingerprint density at radius 1 is 1.50 bits per heavy atom. The van der Waals surface area contributed by atoms with Crippen LogP contribution in [0.2, 0.25) is 0 Å². The molecule has 0 aliphatic rings. The summed E-state index contributed by atoms with van der Waals surface area (Å²) >= 11 is 2.67. The molecule has 0 aliphatic heterocycles. The number of benzene rings is 1. The zero-order valence-corrected chi connectivity index (χ0v) is 8.66. The number of para-hydroxylation sites is 1. The van der Waals surface area contributed by atoms with Crippen molar-refractivity contribution in [3.63, 3.8) is 0 Å². The summed E-state index contributed by atoms with van der Waals surface area (Å²) in [4.78, 5) is 4.17. The van der Waals surface area contributed by atoms with E-state index in [0.717, 1.165) is 12.1 Å². The van der Waals surface area contributed by atoms with E-state index >= 15 is 0 Å². The molecular formula is C9H11N2Se. The standard InChI is InChI=1S/C9H11N2Se/c1-2-7-5-3-4-6-8(7)11-9(10)12/h3-6H,2H2,1H3,(H2,10,11). The number of nitrogens with two attached hydrogens (primary N) is 1. The van der Waals surface area contributed by atoms with Gasteiger partial charge in [0.2, 0.25) is 0 Å². The van der Waals surface area contributed by atoms with Gasteiger partial charge in [0.15, 0.2) is 0 Å². The van der Waals surface area contributed by atoms with E-state index in [1.54, 1.807) is 0 Å². The molecule has 1 radical (unpaired) electrons. The Hall–Kier alpha value is -0.791. The molecule has 2 nitrogen and oxygen atoms in total. The molecule has 1 rings (SSSR count). The predicted octanol–water partition coefficient (Wildman–Crippen LogP) is 1.36. The van der Waals surface area contributed by atoms with Gasteiger partial charge in [-0.25, -0.2) is 0 Å². The van der Waals surface area contributed by atoms with Gasteiger partial charge in [0.25, 0.3) is 0 Å². The zero-order valence-electron chi connectivity index (χ0n) is 6.95. The average molecular weight is 226 g/mol. The molecule has 0 atom stereocenters. The molecule has 3 heteroatoms. The molecule has 0 spiro atoms. The molecule has 0 saturated heterocycles. The number of hydrogen-bond donors (Lipinski definition) is 1. The summed E-state index contributed by atoms with van der Waals surface area (Å²) in [6, 6.07) is 7.99. The van der Waals surface area contributed by atoms with E-state index in [0.29, 0.717) is 4.73 Å². The third kappa shape index (κ3) is 2.36. The van der Waals surface area contributed by atoms with Crippen molar-refractivity contribution in [2.24, 2.45) is 10.7 Å². The van der Waals surface area contributed by atoms with E-state index in [-0.39, 0.29) is 0 Å². The molecule has 0 unspecified atom stereocenters. The van der Waals surface area contributed by atoms with Gasteiger partial charge in [0, 0.05) is 0 Å². The Labute approximate surface area is 80.7 Å². The fraction of sp³-hybridized carbons (Fsp3) is 0.222. The van der Waals surface area contributed by atoms with Crippen molar-refractivity contribution in [1.29, 1.82) is 0 Å². The topological polar surface area (TPSA) is 38.4 Å². The summed E-state index contributed by atoms with van der Waals surface area (Å²) in [5.74, 6) is 0. The summed E-state index contributed by atoms with van der Waals surface area (Å²) in [5.41, 5.74) is 7.62. The molecular weight excluding hydrogens is 215 g/mol. The van der Waals surface area contributed by atoms with Crippen LogP contribution in [0.3, 0.4) is 0 Å². The van der Waals surface area contributed by atoms with Crippen LogP contribution in [0.4, 0.5) is 5.69 Å². The molecule has 2 N–H and O–H groups in total. The van der Waals surface area contributed by atoms with Crippen LogP contribution in [-0.4, -0.2) is 20.7 Å². The minimum atomic E-state index is 0.482. The fourth-order valence-electron chi connectivity index (χ4n) is 1.04. The summed E-state index contributed by atoms with van der Waals surface area (Å²) < 4.78 is 0.482. The van der Waals surface area contributed by atoms with E-state index in [4.69, 9.17) is 5.73 Å². The monoisotopic (exact) mass is 227 g/mol. The molecule has 0 amide bonds. The zero-order chi connectivity index (χ0) is 8.97. The number of rotatable bonds is 2. The van der Waals surface area contributed by atoms with Crippen LogP contribution in [0, 0.1) is 0 Å². The van der Waals surface area contributed by atoms with E-state index in [9.17, 15) is 0 Å². The molecule has 63 valence electrons. The van der Waals surface area contributed by atoms with Crippen molar-refractivity contribution in [2.75, 3.05) is 0 Å². The van der Waals surface area contributed by atoms with Crippen LogP contribution in [0.25, 0.3) is 0 Å². The number of nitrogens with zero attached hydrogens (tertiary/aromatic N) is 1. The van der Waals surface area contributed by atoms with Crippen molar-refractivity contribution in [3.05, 3.63) is 29.8 Å². The van der Waals surface area contributed by atoms with Gasteiger partial charge in [-0.05, 0) is 0 Å². The molecule has 0 saturated carbocycles. The van der Waals surface area contributed by atoms with Crippen molar-refractivity contribution in [2.45, 2.75) is 13.3 Å². The van der Waals surface area contributed by atoms with Gasteiger partial charge in [0.05, 0.1) is 0 Å². The Morgan fingerprint density at radius 2 is 2.17 bits per heavy atom. The van der Waals surface area contributed by atoms with E-state index in [1.807, 2.05) is 18.2 Å². The second-order valence-electron chi connectivity index (χ2n) is 2.43. The van der Waals surface area contributed by atoms with Crippen LogP contribution in [-0.2, 0) is 6.42 Å². The summed E-state index contributed by atoms with van der Waals surface area (Å²) in [6.07, 6.45) is 0.979. The van der Waals surface area contributed by atoms with Crippen molar-refractivity contribution < 1.29 is 0 Å². The second kappa shape index (κ2) is 4.29. The molecule has 1 aromatic carbocycles. The van der Waals surface area contributed by atoms with Gasteiger partial charge in [-0.1, -0.05) is 0 Å². The third-order valence-corrected chi connectivity index (χ3v) is 1.79. The predicted molar refractivity (Wildman–Crippen MR) is 52.9 cm³/mol. The van der Waals surface area contributed by atoms with Gasteiger partial charge in [-0.3, -0.25) is 0 Å². The Morgan fingerprint density at radius 3 is 2.75 bits per heavy atom. The van der Waals surface area contributed by atoms with Crippen LogP contribution >= 0.6 is 0 Å². The summed E-state index contributed by atoms with van der Waals surface area (Å²) in [6.45, 7) is 2.10. The molecule has 0 aliphatic carbocycles. The number of aryl methyl sites for hydroxylation is 1. The Balaban J connectivity index is 3.05. The molecule has 0 bridgehead atoms. The molecule has 0 aromatic heterocycles. The third-order valence-electron chi connectivity index (χ3n) is 1.60. The molecule has 0 heterocycles. The van der Waals surface area contributed by atoms with Crippen LogP contribution in [0.15, 0.2) is 29.3 Å². The Kier molecular flexibility index (Phi) is 3.32. The quantitative estimate of drug-likeness (QED) is 0.461. The van der Waals surface area contributed by atoms with Gasteiger partial charge in [0.1, 0.15) is 0 Å². The first-order valence-corrected chi connectivity index (χ1v) is 4.68. The van der Waals surface area contributed by atoms with Gasteiger partial charge in [-0.15, -0.1) is 0 Å². The number of amidine groups is 1. The molecule has 0 fully saturated rings. The number of hydrogen-bond acceptors (Lipinski definition) is 1. The summed E-state index contributed by atoms with van der Waals surface area (Å²) in [7, 11) is 0. The second-order valence-corrected chi connectivity index (χ2v) is 3.31. The van der Waals surface area contributed by atoms with Crippen LogP contribution < -0.4 is 5.73 Å². The van der Waals surface area contributed by atoms with E-state index in [2.05, 4.69) is 34.0 Å². The first-order chi connectivity index (χ1) is 5.74. The SMILES string of the molecule is CCc1ccccc1N=C(N)[Se]. The van der Waals surface area contributed by atoms with Crippen molar-refractivity contribution in [3.8, 4) is 0 Å². The summed E-state index contributed by atoms with van der Waals surface area (Å²) in [5, 5.41) is 0. The van der Waals surface area contributed by atoms with E-state index < -0.39 is 0 Å². The maximum atomic E-state index is 5.44. The Bertz CT molecular complexity index is 290. The van der Waals surface area contributed by atoms with Gasteiger partial charge < -0.3 is 0 Å². The average Bonchev–Trinajstić information content (AvgIpc) is 2.04. The maximum absolute atomic E-state index is 5.44. The van der Waals surface area contributed by atoms with Crippen LogP contribution in [0.1, 0.15) is 12.5 Å². The van der Waals surface area contributed by atoms with Gasteiger partial charge >= 0.3 is 80.3 Å². The van der Waals surface area contributed by atoms with Crippen LogP contribution in [0.5, 0.6) is 0 Å². The first kappa shape index (κ1) is 9.30. The molecule has 1 aromatic rings. The number of aliphatic imine (C=N–C) groups is 1. The van der Waals surface area contributed by atoms with E-state index in [1.165, 1.54) is 5.56 Å². The van der Waals surface area contributed by atoms with Crippen molar-refractivity contribution in [1.82, 2.24) is 0 Å². The van der Waals surface area contributed by atoms with Crippen molar-refractivity contribution >= 4 is 26.4 Å². The minimum absolute atomic E-state index is 0.482. The molecule has 12 heavy (non-hydrogen) atoms. The van der Waals surface area contributed by atoms with Gasteiger partial charge in [-0.2, -0.15) is 0 Å². The fourth-order valence-corrected chi connectivity index (χ4v) is 1.24.